The van der Waals surface area contributed by atoms with E-state index in [1.54, 1.807) is 48.5 Å². The molecule has 0 aliphatic carbocycles. The van der Waals surface area contributed by atoms with Gasteiger partial charge in [-0.15, -0.1) is 0 Å². The summed E-state index contributed by atoms with van der Waals surface area (Å²) in [6.45, 7) is -1.18. The Morgan fingerprint density at radius 3 is 1.90 bits per heavy atom. The number of benzene rings is 2. The molecule has 0 saturated carbocycles. The molecule has 160 valence electrons. The number of ether oxygens (including phenoxy) is 3. The number of nitrogens with two attached hydrogens (primary N) is 1. The normalized spacial score (nSPS) is 12.3. The third-order valence-electron chi connectivity index (χ3n) is 3.90. The van der Waals surface area contributed by atoms with Gasteiger partial charge in [0.05, 0.1) is 6.61 Å². The summed E-state index contributed by atoms with van der Waals surface area (Å²) in [4.78, 5) is 36.2. The third-order valence-corrected chi connectivity index (χ3v) is 3.90. The van der Waals surface area contributed by atoms with Gasteiger partial charge in [0.25, 0.3) is 0 Å². The molecular formula is C21H24N2O7. The zero-order valence-corrected chi connectivity index (χ0v) is 16.2. The molecule has 0 aliphatic rings. The van der Waals surface area contributed by atoms with Crippen molar-refractivity contribution in [1.82, 2.24) is 5.32 Å². The molecule has 0 fully saturated rings. The first-order valence-electron chi connectivity index (χ1n) is 9.20. The number of alkyl carbamates (subject to hydrolysis) is 1. The number of amides is 1. The maximum atomic E-state index is 12.4. The Labute approximate surface area is 173 Å². The summed E-state index contributed by atoms with van der Waals surface area (Å²) in [6.07, 6.45) is -0.886. The Hall–Kier alpha value is -3.43. The highest BCUT2D eigenvalue weighted by Crippen LogP contribution is 2.04. The first-order chi connectivity index (χ1) is 14.5. The van der Waals surface area contributed by atoms with Crippen LogP contribution < -0.4 is 11.1 Å². The highest BCUT2D eigenvalue weighted by Gasteiger charge is 2.26. The molecule has 2 aromatic rings. The van der Waals surface area contributed by atoms with Crippen LogP contribution in [-0.4, -0.2) is 48.4 Å². The van der Waals surface area contributed by atoms with Crippen LogP contribution in [0.1, 0.15) is 11.1 Å². The van der Waals surface area contributed by atoms with E-state index in [1.165, 1.54) is 0 Å². The van der Waals surface area contributed by atoms with E-state index in [-0.39, 0.29) is 13.2 Å². The van der Waals surface area contributed by atoms with E-state index in [1.807, 2.05) is 12.1 Å². The summed E-state index contributed by atoms with van der Waals surface area (Å²) in [7, 11) is 0. The molecule has 1 amide bonds. The summed E-state index contributed by atoms with van der Waals surface area (Å²) < 4.78 is 15.2. The number of esters is 2. The van der Waals surface area contributed by atoms with E-state index in [4.69, 9.17) is 25.1 Å². The Balaban J connectivity index is 1.93. The molecule has 2 aromatic carbocycles. The molecule has 2 atom stereocenters. The lowest BCUT2D eigenvalue weighted by Crippen LogP contribution is -2.47. The van der Waals surface area contributed by atoms with Crippen LogP contribution in [0.5, 0.6) is 0 Å². The summed E-state index contributed by atoms with van der Waals surface area (Å²) >= 11 is 0. The predicted molar refractivity (Wildman–Crippen MR) is 106 cm³/mol. The van der Waals surface area contributed by atoms with Crippen molar-refractivity contribution in [3.05, 3.63) is 71.8 Å². The van der Waals surface area contributed by atoms with Crippen molar-refractivity contribution in [2.75, 3.05) is 13.2 Å². The molecular weight excluding hydrogens is 392 g/mol. The van der Waals surface area contributed by atoms with E-state index in [0.717, 1.165) is 11.1 Å². The number of aliphatic hydroxyl groups is 1. The van der Waals surface area contributed by atoms with E-state index < -0.39 is 43.3 Å². The molecule has 0 bridgehead atoms. The summed E-state index contributed by atoms with van der Waals surface area (Å²) in [5.74, 6) is -1.74. The van der Waals surface area contributed by atoms with Crippen LogP contribution in [0.15, 0.2) is 60.7 Å². The van der Waals surface area contributed by atoms with Gasteiger partial charge in [-0.25, -0.2) is 9.59 Å². The second-order valence-corrected chi connectivity index (χ2v) is 6.27. The molecule has 0 aliphatic heterocycles. The second kappa shape index (κ2) is 12.2. The first-order valence-corrected chi connectivity index (χ1v) is 9.20. The van der Waals surface area contributed by atoms with E-state index >= 15 is 0 Å². The molecule has 0 saturated heterocycles. The standard InChI is InChI=1S/C21H24N2O7/c22-17(11-24)19(25)29-14-18(20(26)28-12-15-7-3-1-4-8-15)23-21(27)30-13-16-9-5-2-6-10-16/h1-10,17-18,24H,11-14,22H2,(H,23,27)/t17-,18-/m0/s1. The third kappa shape index (κ3) is 7.90. The number of aliphatic hydroxyl groups excluding tert-OH is 1. The molecule has 2 rings (SSSR count). The van der Waals surface area contributed by atoms with Crippen molar-refractivity contribution < 1.29 is 33.7 Å². The van der Waals surface area contributed by atoms with Crippen LogP contribution >= 0.6 is 0 Å². The fourth-order valence-electron chi connectivity index (χ4n) is 2.25. The number of hydrogen-bond acceptors (Lipinski definition) is 8. The van der Waals surface area contributed by atoms with Crippen molar-refractivity contribution in [2.45, 2.75) is 25.3 Å². The SMILES string of the molecule is N[C@@H](CO)C(=O)OC[C@H](NC(=O)OCc1ccccc1)C(=O)OCc1ccccc1. The fourth-order valence-corrected chi connectivity index (χ4v) is 2.25. The lowest BCUT2D eigenvalue weighted by molar-refractivity contribution is -0.154. The van der Waals surface area contributed by atoms with Gasteiger partial charge in [-0.2, -0.15) is 0 Å². The minimum absolute atomic E-state index is 0.00632. The highest BCUT2D eigenvalue weighted by molar-refractivity contribution is 5.82. The highest BCUT2D eigenvalue weighted by atomic mass is 16.6. The van der Waals surface area contributed by atoms with Crippen molar-refractivity contribution >= 4 is 18.0 Å². The molecule has 9 heteroatoms. The Morgan fingerprint density at radius 2 is 1.37 bits per heavy atom. The maximum Gasteiger partial charge on any atom is 0.408 e. The van der Waals surface area contributed by atoms with Gasteiger partial charge in [0, 0.05) is 0 Å². The van der Waals surface area contributed by atoms with Gasteiger partial charge < -0.3 is 30.4 Å². The molecule has 0 heterocycles. The molecule has 0 unspecified atom stereocenters. The van der Waals surface area contributed by atoms with Crippen molar-refractivity contribution in [2.24, 2.45) is 5.73 Å². The van der Waals surface area contributed by atoms with E-state index in [0.29, 0.717) is 0 Å². The van der Waals surface area contributed by atoms with Gasteiger partial charge in [0.2, 0.25) is 0 Å². The predicted octanol–water partition coefficient (Wildman–Crippen LogP) is 0.888. The van der Waals surface area contributed by atoms with Crippen molar-refractivity contribution in [3.63, 3.8) is 0 Å². The number of nitrogens with one attached hydrogen (secondary N) is 1. The van der Waals surface area contributed by atoms with Gasteiger partial charge in [-0.1, -0.05) is 60.7 Å². The van der Waals surface area contributed by atoms with Crippen molar-refractivity contribution in [1.29, 1.82) is 0 Å². The number of carbonyl (C=O) groups is 3. The molecule has 0 aromatic heterocycles. The van der Waals surface area contributed by atoms with Gasteiger partial charge in [0.1, 0.15) is 25.9 Å². The topological polar surface area (TPSA) is 137 Å². The van der Waals surface area contributed by atoms with Gasteiger partial charge in [0.15, 0.2) is 6.04 Å². The van der Waals surface area contributed by atoms with Crippen LogP contribution in [0.2, 0.25) is 0 Å². The van der Waals surface area contributed by atoms with Crippen LogP contribution in [0.4, 0.5) is 4.79 Å². The second-order valence-electron chi connectivity index (χ2n) is 6.27. The minimum Gasteiger partial charge on any atom is -0.462 e. The van der Waals surface area contributed by atoms with Crippen LogP contribution in [-0.2, 0) is 37.0 Å². The van der Waals surface area contributed by atoms with Crippen LogP contribution in [0, 0.1) is 0 Å². The Bertz CT molecular complexity index is 815. The van der Waals surface area contributed by atoms with Gasteiger partial charge in [-0.3, -0.25) is 4.79 Å². The van der Waals surface area contributed by atoms with Gasteiger partial charge >= 0.3 is 18.0 Å². The molecule has 0 radical (unpaired) electrons. The molecule has 9 nitrogen and oxygen atoms in total. The van der Waals surface area contributed by atoms with Crippen LogP contribution in [0.3, 0.4) is 0 Å². The largest absolute Gasteiger partial charge is 0.462 e. The van der Waals surface area contributed by atoms with E-state index in [2.05, 4.69) is 5.32 Å². The Morgan fingerprint density at radius 1 is 0.833 bits per heavy atom. The van der Waals surface area contributed by atoms with Crippen molar-refractivity contribution in [3.8, 4) is 0 Å². The lowest BCUT2D eigenvalue weighted by atomic mass is 10.2. The average Bonchev–Trinajstić information content (AvgIpc) is 2.79. The minimum atomic E-state index is -1.31. The lowest BCUT2D eigenvalue weighted by Gasteiger charge is -2.18. The molecule has 30 heavy (non-hydrogen) atoms. The molecule has 4 N–H and O–H groups in total. The quantitative estimate of drug-likeness (QED) is 0.384. The summed E-state index contributed by atoms with van der Waals surface area (Å²) in [5.41, 5.74) is 6.88. The number of hydrogen-bond donors (Lipinski definition) is 3. The zero-order chi connectivity index (χ0) is 21.8. The smallest absolute Gasteiger partial charge is 0.408 e. The molecule has 0 spiro atoms. The monoisotopic (exact) mass is 416 g/mol. The first kappa shape index (κ1) is 22.9. The summed E-state index contributed by atoms with van der Waals surface area (Å²) in [5, 5.41) is 11.2. The summed E-state index contributed by atoms with van der Waals surface area (Å²) in [6, 6.07) is 15.3. The van der Waals surface area contributed by atoms with Crippen LogP contribution in [0.25, 0.3) is 0 Å². The number of rotatable bonds is 10. The average molecular weight is 416 g/mol. The van der Waals surface area contributed by atoms with E-state index in [9.17, 15) is 14.4 Å². The fraction of sp³-hybridized carbons (Fsp3) is 0.286. The maximum absolute atomic E-state index is 12.4. The number of carbonyl (C=O) groups excluding carboxylic acids is 3. The zero-order valence-electron chi connectivity index (χ0n) is 16.2. The Kier molecular flexibility index (Phi) is 9.29. The van der Waals surface area contributed by atoms with Gasteiger partial charge in [-0.05, 0) is 11.1 Å².